The van der Waals surface area contributed by atoms with Gasteiger partial charge in [0.15, 0.2) is 0 Å². The lowest BCUT2D eigenvalue weighted by Gasteiger charge is -2.24. The zero-order valence-electron chi connectivity index (χ0n) is 15.6. The van der Waals surface area contributed by atoms with Crippen LogP contribution in [0.2, 0.25) is 0 Å². The molecule has 26 heavy (non-hydrogen) atoms. The number of hydrogen-bond donors (Lipinski definition) is 1. The minimum atomic E-state index is -0.669. The molecule has 0 saturated carbocycles. The SMILES string of the molecule is CC#Cc1cnc2ccc(OC(SC)C(=O)NC(C)(C)C#CC)cc2c1. The van der Waals surface area contributed by atoms with Gasteiger partial charge in [0.25, 0.3) is 5.91 Å². The third-order valence-corrected chi connectivity index (χ3v) is 4.20. The molecule has 1 N–H and O–H groups in total. The normalized spacial score (nSPS) is 11.6. The zero-order chi connectivity index (χ0) is 19.2. The zero-order valence-corrected chi connectivity index (χ0v) is 16.5. The third-order valence-electron chi connectivity index (χ3n) is 3.47. The van der Waals surface area contributed by atoms with E-state index in [1.807, 2.05) is 44.4 Å². The Hall–Kier alpha value is -2.63. The summed E-state index contributed by atoms with van der Waals surface area (Å²) in [4.78, 5) is 16.9. The molecule has 0 fully saturated rings. The minimum Gasteiger partial charge on any atom is -0.470 e. The molecule has 0 aliphatic heterocycles. The Kier molecular flexibility index (Phi) is 6.55. The van der Waals surface area contributed by atoms with Gasteiger partial charge in [0.1, 0.15) is 5.75 Å². The van der Waals surface area contributed by atoms with Gasteiger partial charge in [-0.25, -0.2) is 0 Å². The van der Waals surface area contributed by atoms with Crippen LogP contribution in [0.1, 0.15) is 33.3 Å². The van der Waals surface area contributed by atoms with Crippen molar-refractivity contribution in [2.24, 2.45) is 0 Å². The summed E-state index contributed by atoms with van der Waals surface area (Å²) in [5.74, 6) is 12.0. The van der Waals surface area contributed by atoms with Gasteiger partial charge in [-0.3, -0.25) is 9.78 Å². The number of thioether (sulfide) groups is 1. The van der Waals surface area contributed by atoms with Crippen LogP contribution in [0.15, 0.2) is 30.5 Å². The fourth-order valence-electron chi connectivity index (χ4n) is 2.44. The number of nitrogens with zero attached hydrogens (tertiary/aromatic N) is 1. The van der Waals surface area contributed by atoms with E-state index in [1.54, 1.807) is 20.0 Å². The molecule has 1 amide bonds. The van der Waals surface area contributed by atoms with Crippen LogP contribution in [0.4, 0.5) is 0 Å². The van der Waals surface area contributed by atoms with Gasteiger partial charge in [0.05, 0.1) is 11.1 Å². The lowest BCUT2D eigenvalue weighted by atomic mass is 10.1. The first-order chi connectivity index (χ1) is 12.4. The van der Waals surface area contributed by atoms with Crippen molar-refractivity contribution in [2.75, 3.05) is 6.26 Å². The standard InChI is InChI=1S/C21H22N2O2S/c1-6-8-15-12-16-13-17(9-10-18(16)22-14-15)25-20(26-5)19(24)23-21(3,4)11-7-2/h9-10,12-14,20H,1-5H3,(H,23,24). The van der Waals surface area contributed by atoms with Crippen molar-refractivity contribution in [3.63, 3.8) is 0 Å². The average Bonchev–Trinajstić information content (AvgIpc) is 2.59. The number of carbonyl (C=O) groups excluding carboxylic acids is 1. The van der Waals surface area contributed by atoms with Gasteiger partial charge in [0.2, 0.25) is 5.44 Å². The number of ether oxygens (including phenoxy) is 1. The van der Waals surface area contributed by atoms with Crippen molar-refractivity contribution in [1.29, 1.82) is 0 Å². The number of pyridine rings is 1. The Labute approximate surface area is 159 Å². The van der Waals surface area contributed by atoms with Crippen molar-refractivity contribution in [1.82, 2.24) is 10.3 Å². The van der Waals surface area contributed by atoms with Crippen LogP contribution < -0.4 is 10.1 Å². The topological polar surface area (TPSA) is 51.2 Å². The highest BCUT2D eigenvalue weighted by atomic mass is 32.2. The minimum absolute atomic E-state index is 0.214. The second-order valence-electron chi connectivity index (χ2n) is 6.13. The molecule has 1 aromatic heterocycles. The summed E-state index contributed by atoms with van der Waals surface area (Å²) in [7, 11) is 0. The highest BCUT2D eigenvalue weighted by molar-refractivity contribution is 7.99. The predicted octanol–water partition coefficient (Wildman–Crippen LogP) is 3.59. The fraction of sp³-hybridized carbons (Fsp3) is 0.333. The van der Waals surface area contributed by atoms with Crippen LogP contribution in [-0.4, -0.2) is 28.1 Å². The molecular weight excluding hydrogens is 344 g/mol. The van der Waals surface area contributed by atoms with E-state index in [2.05, 4.69) is 34.0 Å². The van der Waals surface area contributed by atoms with E-state index in [0.717, 1.165) is 16.5 Å². The van der Waals surface area contributed by atoms with E-state index >= 15 is 0 Å². The molecule has 1 atom stereocenters. The van der Waals surface area contributed by atoms with Crippen molar-refractivity contribution in [3.8, 4) is 29.4 Å². The van der Waals surface area contributed by atoms with Crippen LogP contribution in [-0.2, 0) is 4.79 Å². The Morgan fingerprint density at radius 3 is 2.69 bits per heavy atom. The number of benzene rings is 1. The average molecular weight is 366 g/mol. The van der Waals surface area contributed by atoms with Crippen LogP contribution in [0, 0.1) is 23.7 Å². The van der Waals surface area contributed by atoms with Crippen molar-refractivity contribution < 1.29 is 9.53 Å². The fourth-order valence-corrected chi connectivity index (χ4v) is 2.92. The van der Waals surface area contributed by atoms with Gasteiger partial charge in [-0.1, -0.05) is 11.8 Å². The molecule has 0 aliphatic rings. The van der Waals surface area contributed by atoms with Crippen molar-refractivity contribution in [3.05, 3.63) is 36.0 Å². The molecule has 134 valence electrons. The summed E-state index contributed by atoms with van der Waals surface area (Å²) >= 11 is 1.33. The van der Waals surface area contributed by atoms with Crippen LogP contribution in [0.3, 0.4) is 0 Å². The van der Waals surface area contributed by atoms with Crippen LogP contribution >= 0.6 is 11.8 Å². The lowest BCUT2D eigenvalue weighted by Crippen LogP contribution is -2.47. The Balaban J connectivity index is 2.21. The Bertz CT molecular complexity index is 930. The van der Waals surface area contributed by atoms with Gasteiger partial charge in [-0.2, -0.15) is 0 Å². The number of carbonyl (C=O) groups is 1. The first kappa shape index (κ1) is 19.7. The second-order valence-corrected chi connectivity index (χ2v) is 7.03. The highest BCUT2D eigenvalue weighted by Crippen LogP contribution is 2.23. The maximum Gasteiger partial charge on any atom is 0.272 e. The molecule has 0 spiro atoms. The summed E-state index contributed by atoms with van der Waals surface area (Å²) in [6, 6.07) is 7.51. The molecule has 0 aliphatic carbocycles. The first-order valence-corrected chi connectivity index (χ1v) is 9.45. The second kappa shape index (κ2) is 8.65. The molecule has 2 rings (SSSR count). The summed E-state index contributed by atoms with van der Waals surface area (Å²) in [6.45, 7) is 7.25. The summed E-state index contributed by atoms with van der Waals surface area (Å²) in [5.41, 5.74) is 0.418. The maximum absolute atomic E-state index is 12.5. The Morgan fingerprint density at radius 2 is 2.04 bits per heavy atom. The number of aromatic nitrogens is 1. The molecule has 0 radical (unpaired) electrons. The van der Waals surface area contributed by atoms with Gasteiger partial charge < -0.3 is 10.1 Å². The summed E-state index contributed by atoms with van der Waals surface area (Å²) < 4.78 is 5.90. The number of hydrogen-bond acceptors (Lipinski definition) is 4. The van der Waals surface area contributed by atoms with Crippen molar-refractivity contribution in [2.45, 2.75) is 38.7 Å². The quantitative estimate of drug-likeness (QED) is 0.649. The number of amides is 1. The molecule has 1 unspecified atom stereocenters. The van der Waals surface area contributed by atoms with Crippen molar-refractivity contribution >= 4 is 28.6 Å². The van der Waals surface area contributed by atoms with Crippen LogP contribution in [0.5, 0.6) is 5.75 Å². The van der Waals surface area contributed by atoms with Gasteiger partial charge >= 0.3 is 0 Å². The number of rotatable bonds is 5. The molecule has 5 heteroatoms. The molecule has 0 bridgehead atoms. The summed E-state index contributed by atoms with van der Waals surface area (Å²) in [5, 5.41) is 3.82. The maximum atomic E-state index is 12.5. The van der Waals surface area contributed by atoms with E-state index in [-0.39, 0.29) is 5.91 Å². The third kappa shape index (κ3) is 5.18. The smallest absolute Gasteiger partial charge is 0.272 e. The lowest BCUT2D eigenvalue weighted by molar-refractivity contribution is -0.125. The molecule has 1 heterocycles. The Morgan fingerprint density at radius 1 is 1.27 bits per heavy atom. The van der Waals surface area contributed by atoms with Gasteiger partial charge in [-0.15, -0.1) is 23.6 Å². The van der Waals surface area contributed by atoms with E-state index in [9.17, 15) is 4.79 Å². The van der Waals surface area contributed by atoms with E-state index in [0.29, 0.717) is 5.75 Å². The molecule has 4 nitrogen and oxygen atoms in total. The summed E-state index contributed by atoms with van der Waals surface area (Å²) in [6.07, 6.45) is 3.58. The van der Waals surface area contributed by atoms with E-state index < -0.39 is 11.0 Å². The number of fused-ring (bicyclic) bond motifs is 1. The van der Waals surface area contributed by atoms with Gasteiger partial charge in [-0.05, 0) is 58.2 Å². The molecule has 0 saturated heterocycles. The predicted molar refractivity (Wildman–Crippen MR) is 108 cm³/mol. The number of nitrogens with one attached hydrogen (secondary N) is 1. The van der Waals surface area contributed by atoms with Gasteiger partial charge in [0, 0.05) is 17.1 Å². The monoisotopic (exact) mass is 366 g/mol. The first-order valence-electron chi connectivity index (χ1n) is 8.16. The van der Waals surface area contributed by atoms with E-state index in [4.69, 9.17) is 4.74 Å². The van der Waals surface area contributed by atoms with Crippen LogP contribution in [0.25, 0.3) is 10.9 Å². The highest BCUT2D eigenvalue weighted by Gasteiger charge is 2.25. The largest absolute Gasteiger partial charge is 0.470 e. The van der Waals surface area contributed by atoms with E-state index in [1.165, 1.54) is 11.8 Å². The molecule has 2 aromatic rings. The molecular formula is C21H22N2O2S. The molecule has 1 aromatic carbocycles.